The van der Waals surface area contributed by atoms with Gasteiger partial charge < -0.3 is 5.73 Å². The lowest BCUT2D eigenvalue weighted by atomic mass is 10.2. The second kappa shape index (κ2) is 5.22. The molecule has 0 atom stereocenters. The Bertz CT molecular complexity index is 752. The van der Waals surface area contributed by atoms with Gasteiger partial charge in [0.2, 0.25) is 0 Å². The summed E-state index contributed by atoms with van der Waals surface area (Å²) in [6, 6.07) is 8.26. The average Bonchev–Trinajstić information content (AvgIpc) is 2.84. The minimum absolute atomic E-state index is 0.0951. The normalized spacial score (nSPS) is 11.3. The first-order valence-electron chi connectivity index (χ1n) is 5.71. The molecule has 0 aliphatic carbocycles. The highest BCUT2D eigenvalue weighted by Crippen LogP contribution is 2.25. The van der Waals surface area contributed by atoms with Crippen molar-refractivity contribution in [2.45, 2.75) is 5.03 Å². The molecule has 0 fully saturated rings. The van der Waals surface area contributed by atoms with E-state index in [-0.39, 0.29) is 10.0 Å². The summed E-state index contributed by atoms with van der Waals surface area (Å²) >= 11 is 4.96. The summed E-state index contributed by atoms with van der Waals surface area (Å²) in [6.07, 6.45) is 1.43. The lowest BCUT2D eigenvalue weighted by Gasteiger charge is -2.21. The van der Waals surface area contributed by atoms with Gasteiger partial charge in [-0.2, -0.15) is 13.5 Å². The number of nitrogens with two attached hydrogens (primary N) is 1. The predicted molar refractivity (Wildman–Crippen MR) is 81.1 cm³/mol. The van der Waals surface area contributed by atoms with Crippen LogP contribution in [0.1, 0.15) is 5.56 Å². The summed E-state index contributed by atoms with van der Waals surface area (Å²) in [5.41, 5.74) is 6.58. The maximum absolute atomic E-state index is 12.6. The van der Waals surface area contributed by atoms with E-state index in [1.54, 1.807) is 31.3 Å². The van der Waals surface area contributed by atoms with Crippen LogP contribution in [0.2, 0.25) is 0 Å². The summed E-state index contributed by atoms with van der Waals surface area (Å²) in [4.78, 5) is 0.146. The van der Waals surface area contributed by atoms with E-state index in [0.717, 1.165) is 4.31 Å². The molecule has 0 unspecified atom stereocenters. The molecule has 0 saturated carbocycles. The van der Waals surface area contributed by atoms with Crippen molar-refractivity contribution in [3.8, 4) is 0 Å². The van der Waals surface area contributed by atoms with Crippen molar-refractivity contribution in [3.63, 3.8) is 0 Å². The maximum Gasteiger partial charge on any atom is 0.281 e. The molecule has 8 heteroatoms. The van der Waals surface area contributed by atoms with Crippen LogP contribution in [0.25, 0.3) is 0 Å². The number of thiocarbonyl (C=S) groups is 1. The van der Waals surface area contributed by atoms with Crippen LogP contribution in [0.5, 0.6) is 0 Å². The fourth-order valence-corrected chi connectivity index (χ4v) is 3.33. The highest BCUT2D eigenvalue weighted by atomic mass is 32.2. The number of para-hydroxylation sites is 1. The van der Waals surface area contributed by atoms with E-state index in [4.69, 9.17) is 18.0 Å². The highest BCUT2D eigenvalue weighted by Gasteiger charge is 2.26. The summed E-state index contributed by atoms with van der Waals surface area (Å²) in [5.74, 6) is 0. The van der Waals surface area contributed by atoms with E-state index < -0.39 is 10.0 Å². The van der Waals surface area contributed by atoms with Crippen LogP contribution < -0.4 is 10.0 Å². The Morgan fingerprint density at radius 1 is 1.35 bits per heavy atom. The van der Waals surface area contributed by atoms with Gasteiger partial charge in [0, 0.05) is 19.7 Å². The monoisotopic (exact) mass is 310 g/mol. The highest BCUT2D eigenvalue weighted by molar-refractivity contribution is 7.92. The summed E-state index contributed by atoms with van der Waals surface area (Å²) < 4.78 is 27.6. The van der Waals surface area contributed by atoms with E-state index in [1.807, 2.05) is 0 Å². The van der Waals surface area contributed by atoms with Crippen LogP contribution in [0.4, 0.5) is 5.69 Å². The minimum Gasteiger partial charge on any atom is -0.389 e. The summed E-state index contributed by atoms with van der Waals surface area (Å²) in [7, 11) is -0.689. The first kappa shape index (κ1) is 14.5. The van der Waals surface area contributed by atoms with Crippen molar-refractivity contribution in [2.75, 3.05) is 11.4 Å². The molecule has 20 heavy (non-hydrogen) atoms. The maximum atomic E-state index is 12.6. The smallest absolute Gasteiger partial charge is 0.281 e. The molecule has 1 aromatic heterocycles. The molecular weight excluding hydrogens is 296 g/mol. The van der Waals surface area contributed by atoms with E-state index in [0.29, 0.717) is 11.3 Å². The zero-order valence-electron chi connectivity index (χ0n) is 11.0. The van der Waals surface area contributed by atoms with Gasteiger partial charge >= 0.3 is 0 Å². The van der Waals surface area contributed by atoms with E-state index in [9.17, 15) is 8.42 Å². The Balaban J connectivity index is 2.55. The molecule has 6 nitrogen and oxygen atoms in total. The number of sulfonamides is 1. The molecule has 0 bridgehead atoms. The van der Waals surface area contributed by atoms with Crippen LogP contribution in [0, 0.1) is 0 Å². The average molecular weight is 310 g/mol. The molecule has 2 N–H and O–H groups in total. The Hall–Kier alpha value is -1.93. The van der Waals surface area contributed by atoms with Gasteiger partial charge in [-0.25, -0.2) is 0 Å². The quantitative estimate of drug-likeness (QED) is 0.848. The van der Waals surface area contributed by atoms with Crippen molar-refractivity contribution >= 4 is 32.9 Å². The Morgan fingerprint density at radius 3 is 2.55 bits per heavy atom. The van der Waals surface area contributed by atoms with Crippen molar-refractivity contribution < 1.29 is 8.42 Å². The third kappa shape index (κ3) is 2.39. The standard InChI is InChI=1S/C12H14N4O2S2/c1-15-11(7-8-14-15)20(17,18)16(2)10-6-4-3-5-9(10)12(13)19/h3-8H,1-2H3,(H2,13,19). The molecule has 0 spiro atoms. The van der Waals surface area contributed by atoms with Crippen molar-refractivity contribution in [1.29, 1.82) is 0 Å². The molecule has 0 aliphatic heterocycles. The molecule has 1 aromatic carbocycles. The Labute approximate surface area is 122 Å². The van der Waals surface area contributed by atoms with E-state index in [2.05, 4.69) is 5.10 Å². The minimum atomic E-state index is -3.72. The van der Waals surface area contributed by atoms with Crippen LogP contribution in [-0.2, 0) is 17.1 Å². The van der Waals surface area contributed by atoms with E-state index in [1.165, 1.54) is 24.0 Å². The van der Waals surface area contributed by atoms with Gasteiger partial charge in [0.15, 0.2) is 5.03 Å². The molecule has 2 aromatic rings. The molecule has 0 aliphatic rings. The number of aryl methyl sites for hydroxylation is 1. The van der Waals surface area contributed by atoms with Crippen molar-refractivity contribution in [3.05, 3.63) is 42.1 Å². The topological polar surface area (TPSA) is 81.2 Å². The van der Waals surface area contributed by atoms with Crippen molar-refractivity contribution in [2.24, 2.45) is 12.8 Å². The first-order valence-corrected chi connectivity index (χ1v) is 7.56. The van der Waals surface area contributed by atoms with Crippen LogP contribution in [-0.4, -0.2) is 30.2 Å². The van der Waals surface area contributed by atoms with Crippen molar-refractivity contribution in [1.82, 2.24) is 9.78 Å². The second-order valence-electron chi connectivity index (χ2n) is 4.15. The fourth-order valence-electron chi connectivity index (χ4n) is 1.84. The molecule has 1 heterocycles. The zero-order chi connectivity index (χ0) is 14.9. The first-order chi connectivity index (χ1) is 9.35. The number of nitrogens with zero attached hydrogens (tertiary/aromatic N) is 3. The van der Waals surface area contributed by atoms with Gasteiger partial charge in [-0.15, -0.1) is 0 Å². The molecular formula is C12H14N4O2S2. The number of hydrogen-bond donors (Lipinski definition) is 1. The molecule has 0 saturated heterocycles. The van der Waals surface area contributed by atoms with Crippen LogP contribution >= 0.6 is 12.2 Å². The lowest BCUT2D eigenvalue weighted by molar-refractivity contribution is 0.575. The van der Waals surface area contributed by atoms with Gasteiger partial charge in [0.1, 0.15) is 4.99 Å². The second-order valence-corrected chi connectivity index (χ2v) is 6.50. The predicted octanol–water partition coefficient (Wildman–Crippen LogP) is 0.879. The Morgan fingerprint density at radius 2 is 2.00 bits per heavy atom. The van der Waals surface area contributed by atoms with Gasteiger partial charge in [0.25, 0.3) is 10.0 Å². The molecule has 2 rings (SSSR count). The Kier molecular flexibility index (Phi) is 3.78. The van der Waals surface area contributed by atoms with Gasteiger partial charge in [-0.1, -0.05) is 24.4 Å². The summed E-state index contributed by atoms with van der Waals surface area (Å²) in [6.45, 7) is 0. The zero-order valence-corrected chi connectivity index (χ0v) is 12.6. The van der Waals surface area contributed by atoms with Crippen LogP contribution in [0.15, 0.2) is 41.6 Å². The lowest BCUT2D eigenvalue weighted by Crippen LogP contribution is -2.30. The SMILES string of the molecule is CN(c1ccccc1C(N)=S)S(=O)(=O)c1ccnn1C. The molecule has 106 valence electrons. The fraction of sp³-hybridized carbons (Fsp3) is 0.167. The molecule has 0 amide bonds. The number of rotatable bonds is 4. The van der Waals surface area contributed by atoms with Gasteiger partial charge in [-0.05, 0) is 18.2 Å². The third-order valence-electron chi connectivity index (χ3n) is 2.91. The number of aromatic nitrogens is 2. The van der Waals surface area contributed by atoms with E-state index >= 15 is 0 Å². The third-order valence-corrected chi connectivity index (χ3v) is 4.98. The summed E-state index contributed by atoms with van der Waals surface area (Å²) in [5, 5.41) is 3.97. The number of anilines is 1. The number of hydrogen-bond acceptors (Lipinski definition) is 4. The van der Waals surface area contributed by atoms with Gasteiger partial charge in [-0.3, -0.25) is 8.99 Å². The number of benzene rings is 1. The largest absolute Gasteiger partial charge is 0.389 e. The van der Waals surface area contributed by atoms with Crippen LogP contribution in [0.3, 0.4) is 0 Å². The van der Waals surface area contributed by atoms with Gasteiger partial charge in [0.05, 0.1) is 11.9 Å². The molecule has 0 radical (unpaired) electrons.